The van der Waals surface area contributed by atoms with Crippen molar-refractivity contribution in [2.24, 2.45) is 0 Å². The summed E-state index contributed by atoms with van der Waals surface area (Å²) >= 11 is 0.982. The summed E-state index contributed by atoms with van der Waals surface area (Å²) in [7, 11) is 0. The molecular formula is C21H22N2O4S. The second-order valence-electron chi connectivity index (χ2n) is 6.71. The van der Waals surface area contributed by atoms with Gasteiger partial charge in [0.25, 0.3) is 0 Å². The quantitative estimate of drug-likeness (QED) is 0.740. The summed E-state index contributed by atoms with van der Waals surface area (Å²) in [6, 6.07) is 11.6. The lowest BCUT2D eigenvalue weighted by Gasteiger charge is -2.27. The molecule has 3 rings (SSSR count). The summed E-state index contributed by atoms with van der Waals surface area (Å²) in [6.07, 6.45) is 3.34. The number of nitriles is 1. The second kappa shape index (κ2) is 8.44. The molecular weight excluding hydrogens is 376 g/mol. The maximum atomic E-state index is 13.1. The third-order valence-corrected chi connectivity index (χ3v) is 6.17. The van der Waals surface area contributed by atoms with Gasteiger partial charge in [0.1, 0.15) is 22.6 Å². The summed E-state index contributed by atoms with van der Waals surface area (Å²) in [5, 5.41) is 9.63. The van der Waals surface area contributed by atoms with Crippen LogP contribution in [0.25, 0.3) is 0 Å². The molecule has 1 aromatic carbocycles. The fourth-order valence-electron chi connectivity index (χ4n) is 3.73. The Morgan fingerprint density at radius 2 is 1.89 bits per heavy atom. The molecule has 0 spiro atoms. The molecule has 1 aromatic heterocycles. The lowest BCUT2D eigenvalue weighted by atomic mass is 9.79. The van der Waals surface area contributed by atoms with Gasteiger partial charge in [-0.1, -0.05) is 43.2 Å². The van der Waals surface area contributed by atoms with Gasteiger partial charge in [0.2, 0.25) is 0 Å². The molecule has 1 aliphatic carbocycles. The number of nitrogens with zero attached hydrogens (tertiary/aromatic N) is 1. The molecule has 6 nitrogen and oxygen atoms in total. The second-order valence-corrected chi connectivity index (χ2v) is 7.76. The average molecular weight is 398 g/mol. The Bertz CT molecular complexity index is 908. The molecule has 1 aliphatic rings. The van der Waals surface area contributed by atoms with Crippen molar-refractivity contribution in [1.82, 2.24) is 0 Å². The van der Waals surface area contributed by atoms with Crippen LogP contribution in [0.3, 0.4) is 0 Å². The van der Waals surface area contributed by atoms with E-state index in [0.717, 1.165) is 42.6 Å². The lowest BCUT2D eigenvalue weighted by Crippen LogP contribution is -2.34. The molecule has 0 amide bonds. The van der Waals surface area contributed by atoms with Crippen LogP contribution in [0, 0.1) is 11.3 Å². The SMILES string of the molecule is CCOC(=O)c1sc(N)c(C#N)c1COC(=O)C1(c2ccccc2)CCCC1. The Hall–Kier alpha value is -2.85. The summed E-state index contributed by atoms with van der Waals surface area (Å²) in [6.45, 7) is 1.72. The number of thiophene rings is 1. The van der Waals surface area contributed by atoms with Crippen LogP contribution in [-0.4, -0.2) is 18.5 Å². The summed E-state index contributed by atoms with van der Waals surface area (Å²) in [5.41, 5.74) is 6.62. The molecule has 146 valence electrons. The van der Waals surface area contributed by atoms with Crippen molar-refractivity contribution < 1.29 is 19.1 Å². The highest BCUT2D eigenvalue weighted by atomic mass is 32.1. The molecule has 1 saturated carbocycles. The van der Waals surface area contributed by atoms with Gasteiger partial charge in [-0.05, 0) is 25.3 Å². The highest BCUT2D eigenvalue weighted by molar-refractivity contribution is 7.18. The van der Waals surface area contributed by atoms with Crippen molar-refractivity contribution in [2.75, 3.05) is 12.3 Å². The minimum atomic E-state index is -0.681. The minimum Gasteiger partial charge on any atom is -0.462 e. The topological polar surface area (TPSA) is 102 Å². The fourth-order valence-corrected chi connectivity index (χ4v) is 4.65. The Balaban J connectivity index is 1.86. The van der Waals surface area contributed by atoms with Gasteiger partial charge in [0.15, 0.2) is 0 Å². The molecule has 28 heavy (non-hydrogen) atoms. The molecule has 1 heterocycles. The first-order valence-electron chi connectivity index (χ1n) is 9.24. The zero-order valence-corrected chi connectivity index (χ0v) is 16.5. The van der Waals surface area contributed by atoms with Crippen LogP contribution in [0.2, 0.25) is 0 Å². The molecule has 0 saturated heterocycles. The maximum absolute atomic E-state index is 13.1. The lowest BCUT2D eigenvalue weighted by molar-refractivity contribution is -0.152. The highest BCUT2D eigenvalue weighted by Gasteiger charge is 2.44. The third-order valence-electron chi connectivity index (χ3n) is 5.13. The summed E-state index contributed by atoms with van der Waals surface area (Å²) in [4.78, 5) is 25.5. The standard InChI is InChI=1S/C21H22N2O4S/c1-2-26-19(24)17-16(15(12-22)18(23)28-17)13-27-20(25)21(10-6-7-11-21)14-8-4-3-5-9-14/h3-5,8-9H,2,6-7,10-11,13,23H2,1H3. The van der Waals surface area contributed by atoms with Crippen LogP contribution < -0.4 is 5.73 Å². The van der Waals surface area contributed by atoms with E-state index in [4.69, 9.17) is 15.2 Å². The molecule has 0 atom stereocenters. The van der Waals surface area contributed by atoms with Gasteiger partial charge in [-0.25, -0.2) is 4.79 Å². The fraction of sp³-hybridized carbons (Fsp3) is 0.381. The van der Waals surface area contributed by atoms with Crippen LogP contribution >= 0.6 is 11.3 Å². The van der Waals surface area contributed by atoms with Gasteiger partial charge in [0, 0.05) is 5.56 Å². The third kappa shape index (κ3) is 3.60. The van der Waals surface area contributed by atoms with Crippen molar-refractivity contribution in [3.63, 3.8) is 0 Å². The van der Waals surface area contributed by atoms with E-state index < -0.39 is 11.4 Å². The van der Waals surface area contributed by atoms with Gasteiger partial charge in [-0.15, -0.1) is 11.3 Å². The van der Waals surface area contributed by atoms with E-state index in [1.165, 1.54) is 0 Å². The van der Waals surface area contributed by atoms with Crippen LogP contribution in [-0.2, 0) is 26.3 Å². The van der Waals surface area contributed by atoms with Crippen molar-refractivity contribution in [3.8, 4) is 6.07 Å². The number of carbonyl (C=O) groups is 2. The Labute approximate surface area is 167 Å². The maximum Gasteiger partial charge on any atom is 0.348 e. The minimum absolute atomic E-state index is 0.168. The monoisotopic (exact) mass is 398 g/mol. The smallest absolute Gasteiger partial charge is 0.348 e. The molecule has 1 fully saturated rings. The van der Waals surface area contributed by atoms with Crippen molar-refractivity contribution >= 4 is 28.3 Å². The molecule has 0 bridgehead atoms. The van der Waals surface area contributed by atoms with Crippen molar-refractivity contribution in [3.05, 3.63) is 51.9 Å². The average Bonchev–Trinajstić information content (AvgIpc) is 3.32. The van der Waals surface area contributed by atoms with Crippen molar-refractivity contribution in [1.29, 1.82) is 5.26 Å². The number of nitrogen functional groups attached to an aromatic ring is 1. The van der Waals surface area contributed by atoms with E-state index in [9.17, 15) is 14.9 Å². The number of rotatable bonds is 6. The Morgan fingerprint density at radius 1 is 1.21 bits per heavy atom. The Kier molecular flexibility index (Phi) is 6.00. The molecule has 2 N–H and O–H groups in total. The van der Waals surface area contributed by atoms with Crippen LogP contribution in [0.5, 0.6) is 0 Å². The molecule has 0 aliphatic heterocycles. The number of hydrogen-bond acceptors (Lipinski definition) is 7. The number of hydrogen-bond donors (Lipinski definition) is 1. The first-order chi connectivity index (χ1) is 13.5. The number of benzene rings is 1. The molecule has 0 unspecified atom stereocenters. The van der Waals surface area contributed by atoms with Gasteiger partial charge < -0.3 is 15.2 Å². The zero-order chi connectivity index (χ0) is 20.1. The van der Waals surface area contributed by atoms with E-state index in [1.54, 1.807) is 6.92 Å². The largest absolute Gasteiger partial charge is 0.462 e. The van der Waals surface area contributed by atoms with Gasteiger partial charge in [-0.2, -0.15) is 5.26 Å². The summed E-state index contributed by atoms with van der Waals surface area (Å²) in [5.74, 6) is -0.898. The van der Waals surface area contributed by atoms with E-state index in [1.807, 2.05) is 36.4 Å². The molecule has 0 radical (unpaired) electrons. The Morgan fingerprint density at radius 3 is 2.50 bits per heavy atom. The number of anilines is 1. The first kappa shape index (κ1) is 19.9. The highest BCUT2D eigenvalue weighted by Crippen LogP contribution is 2.42. The van der Waals surface area contributed by atoms with Gasteiger partial charge in [-0.3, -0.25) is 4.79 Å². The molecule has 7 heteroatoms. The predicted octanol–water partition coefficient (Wildman–Crippen LogP) is 3.93. The van der Waals surface area contributed by atoms with Crippen LogP contribution in [0.15, 0.2) is 30.3 Å². The van der Waals surface area contributed by atoms with E-state index in [-0.39, 0.29) is 34.6 Å². The number of esters is 2. The summed E-state index contributed by atoms with van der Waals surface area (Å²) < 4.78 is 10.7. The van der Waals surface area contributed by atoms with Crippen molar-refractivity contribution in [2.45, 2.75) is 44.6 Å². The number of carbonyl (C=O) groups excluding carboxylic acids is 2. The normalized spacial score (nSPS) is 15.0. The number of nitrogens with two attached hydrogens (primary N) is 1. The van der Waals surface area contributed by atoms with E-state index in [2.05, 4.69) is 0 Å². The first-order valence-corrected chi connectivity index (χ1v) is 10.1. The van der Waals surface area contributed by atoms with E-state index in [0.29, 0.717) is 5.56 Å². The van der Waals surface area contributed by atoms with Gasteiger partial charge >= 0.3 is 11.9 Å². The van der Waals surface area contributed by atoms with Crippen LogP contribution in [0.4, 0.5) is 5.00 Å². The van der Waals surface area contributed by atoms with E-state index >= 15 is 0 Å². The van der Waals surface area contributed by atoms with Gasteiger partial charge in [0.05, 0.1) is 17.6 Å². The zero-order valence-electron chi connectivity index (χ0n) is 15.7. The molecule has 2 aromatic rings. The van der Waals surface area contributed by atoms with Crippen LogP contribution in [0.1, 0.15) is 59.0 Å². The number of ether oxygens (including phenoxy) is 2. The predicted molar refractivity (Wildman–Crippen MR) is 106 cm³/mol.